The lowest BCUT2D eigenvalue weighted by Crippen LogP contribution is -2.50. The van der Waals surface area contributed by atoms with E-state index >= 15 is 0 Å². The maximum atomic E-state index is 13.8. The quantitative estimate of drug-likeness (QED) is 0.546. The summed E-state index contributed by atoms with van der Waals surface area (Å²) in [5, 5.41) is 2.96. The highest BCUT2D eigenvalue weighted by Crippen LogP contribution is 2.43. The molecular formula is C31H39N3O2. The van der Waals surface area contributed by atoms with Crippen LogP contribution in [0.4, 0.5) is 10.5 Å². The third kappa shape index (κ3) is 4.93. The molecule has 1 saturated carbocycles. The van der Waals surface area contributed by atoms with Crippen molar-refractivity contribution in [3.05, 3.63) is 71.3 Å². The minimum absolute atomic E-state index is 0.0749. The van der Waals surface area contributed by atoms with Crippen LogP contribution in [0.5, 0.6) is 0 Å². The highest BCUT2D eigenvalue weighted by Gasteiger charge is 2.40. The van der Waals surface area contributed by atoms with Gasteiger partial charge < -0.3 is 15.1 Å². The van der Waals surface area contributed by atoms with Gasteiger partial charge in [-0.15, -0.1) is 0 Å². The topological polar surface area (TPSA) is 52.7 Å². The Labute approximate surface area is 215 Å². The smallest absolute Gasteiger partial charge is 0.321 e. The molecule has 190 valence electrons. The van der Waals surface area contributed by atoms with Crippen LogP contribution in [0.1, 0.15) is 57.1 Å². The SMILES string of the molecule is CC(C)C1C2=C(CCN1C(=O)C1CCC(CN(C)C(=O)Nc3ccccc3)CC1)c1ccccc1C2. The third-order valence-corrected chi connectivity index (χ3v) is 8.42. The van der Waals surface area contributed by atoms with Gasteiger partial charge in [-0.1, -0.05) is 56.3 Å². The Balaban J connectivity index is 1.17. The first-order valence-corrected chi connectivity index (χ1v) is 13.6. The molecule has 0 radical (unpaired) electrons. The number of carbonyl (C=O) groups excluding carboxylic acids is 2. The normalized spacial score (nSPS) is 23.3. The minimum Gasteiger partial charge on any atom is -0.335 e. The highest BCUT2D eigenvalue weighted by molar-refractivity contribution is 5.89. The van der Waals surface area contributed by atoms with Crippen LogP contribution in [-0.2, 0) is 11.2 Å². The first-order chi connectivity index (χ1) is 17.4. The molecule has 3 aliphatic rings. The molecule has 5 heteroatoms. The van der Waals surface area contributed by atoms with E-state index in [1.807, 2.05) is 37.4 Å². The Morgan fingerprint density at radius 3 is 2.42 bits per heavy atom. The van der Waals surface area contributed by atoms with Gasteiger partial charge in [0.25, 0.3) is 0 Å². The molecule has 2 aliphatic carbocycles. The predicted octanol–water partition coefficient (Wildman–Crippen LogP) is 6.22. The van der Waals surface area contributed by atoms with E-state index in [-0.39, 0.29) is 18.0 Å². The van der Waals surface area contributed by atoms with Crippen LogP contribution < -0.4 is 5.32 Å². The standard InChI is InChI=1S/C31H39N3O2/c1-21(2)29-28-19-24-9-7-8-12-26(24)27(28)17-18-34(29)30(35)23-15-13-22(14-16-23)20-33(3)31(36)32-25-10-5-4-6-11-25/h4-12,21-23,29H,13-20H2,1-3H3,(H,32,36). The molecule has 1 unspecified atom stereocenters. The second-order valence-corrected chi connectivity index (χ2v) is 11.2. The van der Waals surface area contributed by atoms with Crippen LogP contribution in [0, 0.1) is 17.8 Å². The average molecular weight is 486 g/mol. The highest BCUT2D eigenvalue weighted by atomic mass is 16.2. The van der Waals surface area contributed by atoms with E-state index < -0.39 is 0 Å². The number of benzene rings is 2. The number of carbonyl (C=O) groups is 2. The Morgan fingerprint density at radius 1 is 1.00 bits per heavy atom. The number of amides is 3. The number of para-hydroxylation sites is 1. The Hall–Kier alpha value is -3.08. The molecule has 3 amide bonds. The molecule has 1 atom stereocenters. The number of fused-ring (bicyclic) bond motifs is 2. The van der Waals surface area contributed by atoms with Gasteiger partial charge in [-0.05, 0) is 84.8 Å². The van der Waals surface area contributed by atoms with Gasteiger partial charge in [-0.3, -0.25) is 4.79 Å². The van der Waals surface area contributed by atoms with Crippen molar-refractivity contribution < 1.29 is 9.59 Å². The van der Waals surface area contributed by atoms with E-state index in [1.165, 1.54) is 22.3 Å². The number of nitrogens with one attached hydrogen (secondary N) is 1. The summed E-state index contributed by atoms with van der Waals surface area (Å²) in [6.07, 6.45) is 5.80. The van der Waals surface area contributed by atoms with E-state index in [9.17, 15) is 9.59 Å². The second-order valence-electron chi connectivity index (χ2n) is 11.2. The third-order valence-electron chi connectivity index (χ3n) is 8.42. The summed E-state index contributed by atoms with van der Waals surface area (Å²) in [6, 6.07) is 18.5. The number of rotatable bonds is 5. The molecule has 1 N–H and O–H groups in total. The summed E-state index contributed by atoms with van der Waals surface area (Å²) in [7, 11) is 1.86. The molecular weight excluding hydrogens is 446 g/mol. The van der Waals surface area contributed by atoms with Gasteiger partial charge in [0.15, 0.2) is 0 Å². The minimum atomic E-state index is -0.0749. The van der Waals surface area contributed by atoms with Gasteiger partial charge >= 0.3 is 6.03 Å². The first-order valence-electron chi connectivity index (χ1n) is 13.6. The van der Waals surface area contributed by atoms with Crippen LogP contribution in [0.2, 0.25) is 0 Å². The summed E-state index contributed by atoms with van der Waals surface area (Å²) in [5.41, 5.74) is 6.61. The van der Waals surface area contributed by atoms with Crippen molar-refractivity contribution in [1.82, 2.24) is 9.80 Å². The molecule has 0 aromatic heterocycles. The zero-order valence-electron chi connectivity index (χ0n) is 21.9. The lowest BCUT2D eigenvalue weighted by molar-refractivity contribution is -0.139. The van der Waals surface area contributed by atoms with Crippen molar-refractivity contribution in [2.24, 2.45) is 17.8 Å². The van der Waals surface area contributed by atoms with Crippen LogP contribution >= 0.6 is 0 Å². The van der Waals surface area contributed by atoms with Crippen molar-refractivity contribution in [2.75, 3.05) is 25.5 Å². The lowest BCUT2D eigenvalue weighted by atomic mass is 9.79. The summed E-state index contributed by atoms with van der Waals surface area (Å²) in [6.45, 7) is 6.08. The number of urea groups is 1. The Bertz CT molecular complexity index is 1130. The van der Waals surface area contributed by atoms with Crippen molar-refractivity contribution in [1.29, 1.82) is 0 Å². The second kappa shape index (κ2) is 10.5. The summed E-state index contributed by atoms with van der Waals surface area (Å²) < 4.78 is 0. The van der Waals surface area contributed by atoms with Gasteiger partial charge in [-0.2, -0.15) is 0 Å². The lowest BCUT2D eigenvalue weighted by Gasteiger charge is -2.42. The van der Waals surface area contributed by atoms with Crippen molar-refractivity contribution in [3.8, 4) is 0 Å². The van der Waals surface area contributed by atoms with Crippen molar-refractivity contribution in [3.63, 3.8) is 0 Å². The molecule has 5 rings (SSSR count). The van der Waals surface area contributed by atoms with E-state index in [0.717, 1.165) is 57.3 Å². The maximum Gasteiger partial charge on any atom is 0.321 e. The van der Waals surface area contributed by atoms with Gasteiger partial charge in [-0.25, -0.2) is 4.79 Å². The van der Waals surface area contributed by atoms with Crippen molar-refractivity contribution >= 4 is 23.2 Å². The molecule has 5 nitrogen and oxygen atoms in total. The van der Waals surface area contributed by atoms with Gasteiger partial charge in [0, 0.05) is 31.7 Å². The molecule has 0 spiro atoms. The predicted molar refractivity (Wildman–Crippen MR) is 146 cm³/mol. The number of anilines is 1. The Kier molecular flexibility index (Phi) is 7.17. The monoisotopic (exact) mass is 485 g/mol. The van der Waals surface area contributed by atoms with Gasteiger partial charge in [0.2, 0.25) is 5.91 Å². The van der Waals surface area contributed by atoms with E-state index in [1.54, 1.807) is 4.90 Å². The van der Waals surface area contributed by atoms with Crippen LogP contribution in [0.15, 0.2) is 60.2 Å². The average Bonchev–Trinajstić information content (AvgIpc) is 3.27. The zero-order valence-corrected chi connectivity index (χ0v) is 21.9. The first kappa shape index (κ1) is 24.6. The molecule has 1 aliphatic heterocycles. The molecule has 0 bridgehead atoms. The fourth-order valence-electron chi connectivity index (χ4n) is 6.64. The Morgan fingerprint density at radius 2 is 1.69 bits per heavy atom. The summed E-state index contributed by atoms with van der Waals surface area (Å²) >= 11 is 0. The fraction of sp³-hybridized carbons (Fsp3) is 0.484. The molecule has 1 heterocycles. The largest absolute Gasteiger partial charge is 0.335 e. The van der Waals surface area contributed by atoms with E-state index in [0.29, 0.717) is 17.7 Å². The number of hydrogen-bond acceptors (Lipinski definition) is 2. The van der Waals surface area contributed by atoms with Crippen LogP contribution in [0.25, 0.3) is 5.57 Å². The van der Waals surface area contributed by atoms with Gasteiger partial charge in [0.1, 0.15) is 0 Å². The maximum absolute atomic E-state index is 13.8. The summed E-state index contributed by atoms with van der Waals surface area (Å²) in [5.74, 6) is 1.31. The van der Waals surface area contributed by atoms with E-state index in [4.69, 9.17) is 0 Å². The van der Waals surface area contributed by atoms with Gasteiger partial charge in [0.05, 0.1) is 6.04 Å². The van der Waals surface area contributed by atoms with E-state index in [2.05, 4.69) is 48.3 Å². The molecule has 2 aromatic carbocycles. The number of hydrogen-bond donors (Lipinski definition) is 1. The number of nitrogens with zero attached hydrogens (tertiary/aromatic N) is 2. The zero-order chi connectivity index (χ0) is 25.2. The van der Waals surface area contributed by atoms with Crippen LogP contribution in [-0.4, -0.2) is 47.9 Å². The van der Waals surface area contributed by atoms with Crippen LogP contribution in [0.3, 0.4) is 0 Å². The fourth-order valence-corrected chi connectivity index (χ4v) is 6.64. The molecule has 2 aromatic rings. The van der Waals surface area contributed by atoms with Crippen molar-refractivity contribution in [2.45, 2.75) is 58.4 Å². The molecule has 0 saturated heterocycles. The summed E-state index contributed by atoms with van der Waals surface area (Å²) in [4.78, 5) is 30.4. The molecule has 36 heavy (non-hydrogen) atoms. The molecule has 1 fully saturated rings.